The van der Waals surface area contributed by atoms with Crippen LogP contribution >= 0.6 is 11.3 Å². The van der Waals surface area contributed by atoms with Crippen LogP contribution in [0.5, 0.6) is 0 Å². The lowest BCUT2D eigenvalue weighted by molar-refractivity contribution is -0.0000627. The zero-order chi connectivity index (χ0) is 16.9. The Morgan fingerprint density at radius 1 is 1.21 bits per heavy atom. The highest BCUT2D eigenvalue weighted by Gasteiger charge is 2.38. The van der Waals surface area contributed by atoms with Crippen LogP contribution in [0.15, 0.2) is 18.5 Å². The van der Waals surface area contributed by atoms with Crippen molar-refractivity contribution in [1.29, 1.82) is 0 Å². The Labute approximate surface area is 144 Å². The van der Waals surface area contributed by atoms with Gasteiger partial charge in [-0.05, 0) is 31.0 Å². The number of aryl methyl sites for hydroxylation is 3. The molecule has 3 heterocycles. The van der Waals surface area contributed by atoms with Gasteiger partial charge < -0.3 is 10.0 Å². The molecule has 0 atom stereocenters. The lowest BCUT2D eigenvalue weighted by atomic mass is 9.91. The number of benzene rings is 1. The van der Waals surface area contributed by atoms with Gasteiger partial charge in [0.2, 0.25) is 0 Å². The highest BCUT2D eigenvalue weighted by molar-refractivity contribution is 7.22. The van der Waals surface area contributed by atoms with Gasteiger partial charge in [0.15, 0.2) is 11.0 Å². The van der Waals surface area contributed by atoms with Crippen LogP contribution in [0.3, 0.4) is 0 Å². The van der Waals surface area contributed by atoms with E-state index in [1.807, 2.05) is 7.05 Å². The molecule has 0 amide bonds. The second kappa shape index (κ2) is 5.53. The molecule has 0 spiro atoms. The van der Waals surface area contributed by atoms with Gasteiger partial charge in [0.05, 0.1) is 10.2 Å². The van der Waals surface area contributed by atoms with Crippen LogP contribution in [0.4, 0.5) is 5.13 Å². The fraction of sp³-hybridized carbons (Fsp3) is 0.471. The lowest BCUT2D eigenvalue weighted by Gasteiger charge is -2.37. The molecule has 2 aromatic heterocycles. The van der Waals surface area contributed by atoms with Crippen LogP contribution in [0.1, 0.15) is 29.8 Å². The van der Waals surface area contributed by atoms with Crippen molar-refractivity contribution < 1.29 is 5.11 Å². The quantitative estimate of drug-likeness (QED) is 0.774. The molecule has 1 N–H and O–H groups in total. The minimum Gasteiger partial charge on any atom is -0.382 e. The molecule has 1 aromatic carbocycles. The van der Waals surface area contributed by atoms with Gasteiger partial charge in [-0.1, -0.05) is 17.4 Å². The standard InChI is InChI=1S/C17H21N5OS/c1-11-4-5-13-14(12(11)2)20-16(24-13)22-8-6-17(23,7-9-22)15-18-10-19-21(15)3/h4-5,10,23H,6-9H2,1-3H3. The van der Waals surface area contributed by atoms with Crippen LogP contribution in [0, 0.1) is 13.8 Å². The summed E-state index contributed by atoms with van der Waals surface area (Å²) in [6.07, 6.45) is 2.76. The molecule has 3 aromatic rings. The Morgan fingerprint density at radius 3 is 2.62 bits per heavy atom. The molecule has 0 aliphatic carbocycles. The molecular weight excluding hydrogens is 322 g/mol. The number of piperidine rings is 1. The monoisotopic (exact) mass is 343 g/mol. The number of fused-ring (bicyclic) bond motifs is 1. The highest BCUT2D eigenvalue weighted by Crippen LogP contribution is 2.37. The number of hydrogen-bond acceptors (Lipinski definition) is 6. The summed E-state index contributed by atoms with van der Waals surface area (Å²) in [6.45, 7) is 5.78. The average molecular weight is 343 g/mol. The summed E-state index contributed by atoms with van der Waals surface area (Å²) in [5, 5.41) is 16.1. The summed E-state index contributed by atoms with van der Waals surface area (Å²) < 4.78 is 2.89. The first kappa shape index (κ1) is 15.5. The van der Waals surface area contributed by atoms with Crippen molar-refractivity contribution in [2.24, 2.45) is 7.05 Å². The van der Waals surface area contributed by atoms with Crippen molar-refractivity contribution in [1.82, 2.24) is 19.7 Å². The summed E-state index contributed by atoms with van der Waals surface area (Å²) in [5.74, 6) is 0.651. The number of hydrogen-bond donors (Lipinski definition) is 1. The molecule has 126 valence electrons. The average Bonchev–Trinajstić information content (AvgIpc) is 3.19. The molecule has 0 bridgehead atoms. The maximum Gasteiger partial charge on any atom is 0.186 e. The predicted octanol–water partition coefficient (Wildman–Crippen LogP) is 2.53. The van der Waals surface area contributed by atoms with Crippen LogP contribution in [0.25, 0.3) is 10.2 Å². The van der Waals surface area contributed by atoms with Crippen molar-refractivity contribution in [3.8, 4) is 0 Å². The number of thiazole rings is 1. The normalized spacial score (nSPS) is 17.6. The number of nitrogens with zero attached hydrogens (tertiary/aromatic N) is 5. The first-order chi connectivity index (χ1) is 11.5. The summed E-state index contributed by atoms with van der Waals surface area (Å²) >= 11 is 1.73. The van der Waals surface area contributed by atoms with E-state index in [4.69, 9.17) is 4.98 Å². The number of anilines is 1. The van der Waals surface area contributed by atoms with Crippen LogP contribution in [-0.2, 0) is 12.6 Å². The third kappa shape index (κ3) is 2.39. The first-order valence-electron chi connectivity index (χ1n) is 8.16. The largest absolute Gasteiger partial charge is 0.382 e. The van der Waals surface area contributed by atoms with Crippen molar-refractivity contribution in [2.45, 2.75) is 32.3 Å². The highest BCUT2D eigenvalue weighted by atomic mass is 32.1. The van der Waals surface area contributed by atoms with Gasteiger partial charge in [0, 0.05) is 33.0 Å². The number of aliphatic hydroxyl groups is 1. The molecule has 1 fully saturated rings. The van der Waals surface area contributed by atoms with Gasteiger partial charge in [0.25, 0.3) is 0 Å². The molecular formula is C17H21N5OS. The SMILES string of the molecule is Cc1ccc2sc(N3CCC(O)(c4ncnn4C)CC3)nc2c1C. The Kier molecular flexibility index (Phi) is 3.58. The van der Waals surface area contributed by atoms with E-state index in [1.54, 1.807) is 16.0 Å². The molecule has 0 saturated carbocycles. The van der Waals surface area contributed by atoms with Crippen molar-refractivity contribution in [3.63, 3.8) is 0 Å². The molecule has 1 saturated heterocycles. The third-order valence-corrected chi connectivity index (χ3v) is 6.14. The molecule has 0 unspecified atom stereocenters. The topological polar surface area (TPSA) is 67.1 Å². The summed E-state index contributed by atoms with van der Waals surface area (Å²) in [6, 6.07) is 4.31. The van der Waals surface area contributed by atoms with Crippen LogP contribution in [0.2, 0.25) is 0 Å². The fourth-order valence-electron chi connectivity index (χ4n) is 3.36. The van der Waals surface area contributed by atoms with Gasteiger partial charge in [0.1, 0.15) is 11.9 Å². The van der Waals surface area contributed by atoms with E-state index in [2.05, 4.69) is 41.0 Å². The van der Waals surface area contributed by atoms with Gasteiger partial charge in [-0.3, -0.25) is 4.68 Å². The zero-order valence-electron chi connectivity index (χ0n) is 14.2. The van der Waals surface area contributed by atoms with Gasteiger partial charge in [-0.2, -0.15) is 5.10 Å². The maximum absolute atomic E-state index is 10.9. The van der Waals surface area contributed by atoms with Gasteiger partial charge in [-0.15, -0.1) is 0 Å². The molecule has 7 heteroatoms. The zero-order valence-corrected chi connectivity index (χ0v) is 15.0. The van der Waals surface area contributed by atoms with Gasteiger partial charge >= 0.3 is 0 Å². The van der Waals surface area contributed by atoms with Crippen molar-refractivity contribution in [2.75, 3.05) is 18.0 Å². The van der Waals surface area contributed by atoms with Crippen molar-refractivity contribution >= 4 is 26.7 Å². The Hall–Kier alpha value is -1.99. The van der Waals surface area contributed by atoms with E-state index in [1.165, 1.54) is 22.2 Å². The van der Waals surface area contributed by atoms with E-state index in [0.717, 1.165) is 23.7 Å². The lowest BCUT2D eigenvalue weighted by Crippen LogP contribution is -2.44. The van der Waals surface area contributed by atoms with E-state index in [9.17, 15) is 5.11 Å². The molecule has 4 rings (SSSR count). The molecule has 6 nitrogen and oxygen atoms in total. The second-order valence-electron chi connectivity index (χ2n) is 6.58. The fourth-order valence-corrected chi connectivity index (χ4v) is 4.44. The molecule has 1 aliphatic rings. The maximum atomic E-state index is 10.9. The van der Waals surface area contributed by atoms with E-state index < -0.39 is 5.60 Å². The Bertz CT molecular complexity index is 892. The predicted molar refractivity (Wildman–Crippen MR) is 95.4 cm³/mol. The van der Waals surface area contributed by atoms with Crippen LogP contribution < -0.4 is 4.90 Å². The first-order valence-corrected chi connectivity index (χ1v) is 8.98. The minimum absolute atomic E-state index is 0.632. The summed E-state index contributed by atoms with van der Waals surface area (Å²) in [7, 11) is 1.82. The van der Waals surface area contributed by atoms with Gasteiger partial charge in [-0.25, -0.2) is 9.97 Å². The van der Waals surface area contributed by atoms with Crippen molar-refractivity contribution in [3.05, 3.63) is 35.4 Å². The van der Waals surface area contributed by atoms with E-state index in [0.29, 0.717) is 18.7 Å². The Balaban J connectivity index is 1.58. The van der Waals surface area contributed by atoms with E-state index in [-0.39, 0.29) is 0 Å². The molecule has 24 heavy (non-hydrogen) atoms. The second-order valence-corrected chi connectivity index (χ2v) is 7.59. The minimum atomic E-state index is -0.898. The summed E-state index contributed by atoms with van der Waals surface area (Å²) in [4.78, 5) is 11.4. The molecule has 0 radical (unpaired) electrons. The Morgan fingerprint density at radius 2 is 1.96 bits per heavy atom. The number of aromatic nitrogens is 4. The summed E-state index contributed by atoms with van der Waals surface area (Å²) in [5.41, 5.74) is 2.73. The van der Waals surface area contributed by atoms with Crippen LogP contribution in [-0.4, -0.2) is 37.9 Å². The third-order valence-electron chi connectivity index (χ3n) is 5.06. The smallest absolute Gasteiger partial charge is 0.186 e. The number of rotatable bonds is 2. The molecule has 1 aliphatic heterocycles. The van der Waals surface area contributed by atoms with E-state index >= 15 is 0 Å².